The Morgan fingerprint density at radius 1 is 1.31 bits per heavy atom. The molecule has 5 heteroatoms. The van der Waals surface area contributed by atoms with E-state index in [1.807, 2.05) is 24.3 Å². The van der Waals surface area contributed by atoms with E-state index < -0.39 is 5.91 Å². The first-order chi connectivity index (χ1) is 7.49. The van der Waals surface area contributed by atoms with Gasteiger partial charge in [-0.2, -0.15) is 0 Å². The number of primary amides is 1. The zero-order valence-corrected chi connectivity index (χ0v) is 9.91. The summed E-state index contributed by atoms with van der Waals surface area (Å²) in [5.41, 5.74) is 5.89. The van der Waals surface area contributed by atoms with Gasteiger partial charge in [0.2, 0.25) is 11.8 Å². The standard InChI is InChI=1S/C11H14N2O2S/c1-13(7-10(12)14)11(15)6-8-2-4-9(16)5-3-8/h2-5,16H,6-7H2,1H3,(H2,12,14). The molecule has 16 heavy (non-hydrogen) atoms. The third-order valence-electron chi connectivity index (χ3n) is 2.11. The minimum Gasteiger partial charge on any atom is -0.368 e. The fourth-order valence-corrected chi connectivity index (χ4v) is 1.39. The first kappa shape index (κ1) is 12.6. The maximum atomic E-state index is 11.6. The topological polar surface area (TPSA) is 63.4 Å². The molecular weight excluding hydrogens is 224 g/mol. The summed E-state index contributed by atoms with van der Waals surface area (Å²) in [7, 11) is 1.56. The lowest BCUT2D eigenvalue weighted by molar-refractivity contribution is -0.133. The van der Waals surface area contributed by atoms with Gasteiger partial charge < -0.3 is 10.6 Å². The summed E-state index contributed by atoms with van der Waals surface area (Å²) < 4.78 is 0. The smallest absolute Gasteiger partial charge is 0.237 e. The molecule has 0 saturated carbocycles. The first-order valence-electron chi connectivity index (χ1n) is 4.79. The van der Waals surface area contributed by atoms with Crippen LogP contribution in [0.15, 0.2) is 29.2 Å². The van der Waals surface area contributed by atoms with E-state index in [-0.39, 0.29) is 18.9 Å². The first-order valence-corrected chi connectivity index (χ1v) is 5.24. The summed E-state index contributed by atoms with van der Waals surface area (Å²) in [5.74, 6) is -0.646. The summed E-state index contributed by atoms with van der Waals surface area (Å²) in [6, 6.07) is 7.30. The monoisotopic (exact) mass is 238 g/mol. The van der Waals surface area contributed by atoms with E-state index in [2.05, 4.69) is 12.6 Å². The summed E-state index contributed by atoms with van der Waals surface area (Å²) in [4.78, 5) is 24.4. The molecule has 1 aromatic rings. The van der Waals surface area contributed by atoms with E-state index in [4.69, 9.17) is 5.73 Å². The number of hydrogen-bond donors (Lipinski definition) is 2. The van der Waals surface area contributed by atoms with Gasteiger partial charge in [-0.15, -0.1) is 12.6 Å². The lowest BCUT2D eigenvalue weighted by Gasteiger charge is -2.14. The lowest BCUT2D eigenvalue weighted by atomic mass is 10.1. The van der Waals surface area contributed by atoms with E-state index in [9.17, 15) is 9.59 Å². The number of carbonyl (C=O) groups excluding carboxylic acids is 2. The predicted molar refractivity (Wildman–Crippen MR) is 64.2 cm³/mol. The molecule has 0 aliphatic heterocycles. The molecule has 0 aliphatic rings. The molecule has 1 aromatic carbocycles. The average molecular weight is 238 g/mol. The van der Waals surface area contributed by atoms with Crippen molar-refractivity contribution >= 4 is 24.4 Å². The van der Waals surface area contributed by atoms with Crippen molar-refractivity contribution in [3.63, 3.8) is 0 Å². The molecule has 0 aliphatic carbocycles. The Bertz CT molecular complexity index is 389. The van der Waals surface area contributed by atoms with Crippen LogP contribution in [0.2, 0.25) is 0 Å². The Kier molecular flexibility index (Phi) is 4.37. The number of thiol groups is 1. The SMILES string of the molecule is CN(CC(N)=O)C(=O)Cc1ccc(S)cc1. The number of carbonyl (C=O) groups is 2. The van der Waals surface area contributed by atoms with Crippen molar-refractivity contribution in [1.82, 2.24) is 4.90 Å². The number of likely N-dealkylation sites (N-methyl/N-ethyl adjacent to an activating group) is 1. The molecule has 0 atom stereocenters. The Morgan fingerprint density at radius 3 is 2.38 bits per heavy atom. The second-order valence-electron chi connectivity index (χ2n) is 3.56. The highest BCUT2D eigenvalue weighted by molar-refractivity contribution is 7.80. The van der Waals surface area contributed by atoms with Gasteiger partial charge in [-0.3, -0.25) is 9.59 Å². The van der Waals surface area contributed by atoms with Crippen LogP contribution in [0.25, 0.3) is 0 Å². The Labute approximate surface area is 99.8 Å². The number of nitrogens with two attached hydrogens (primary N) is 1. The fraction of sp³-hybridized carbons (Fsp3) is 0.273. The molecule has 0 saturated heterocycles. The molecule has 2 amide bonds. The van der Waals surface area contributed by atoms with Gasteiger partial charge in [0.05, 0.1) is 13.0 Å². The quantitative estimate of drug-likeness (QED) is 0.749. The second-order valence-corrected chi connectivity index (χ2v) is 4.08. The van der Waals surface area contributed by atoms with Crippen molar-refractivity contribution in [2.75, 3.05) is 13.6 Å². The fourth-order valence-electron chi connectivity index (χ4n) is 1.25. The van der Waals surface area contributed by atoms with Crippen LogP contribution >= 0.6 is 12.6 Å². The predicted octanol–water partition coefficient (Wildman–Crippen LogP) is 0.461. The molecule has 1 rings (SSSR count). The summed E-state index contributed by atoms with van der Waals surface area (Å²) >= 11 is 4.15. The van der Waals surface area contributed by atoms with E-state index in [1.54, 1.807) is 7.05 Å². The van der Waals surface area contributed by atoms with Crippen LogP contribution in [0.5, 0.6) is 0 Å². The van der Waals surface area contributed by atoms with Gasteiger partial charge in [-0.05, 0) is 17.7 Å². The molecule has 0 aromatic heterocycles. The van der Waals surface area contributed by atoms with Gasteiger partial charge in [0.25, 0.3) is 0 Å². The van der Waals surface area contributed by atoms with Crippen LogP contribution < -0.4 is 5.73 Å². The lowest BCUT2D eigenvalue weighted by Crippen LogP contribution is -2.36. The van der Waals surface area contributed by atoms with Crippen LogP contribution in [0.4, 0.5) is 0 Å². The van der Waals surface area contributed by atoms with Crippen LogP contribution in [0, 0.1) is 0 Å². The number of benzene rings is 1. The molecule has 0 radical (unpaired) electrons. The summed E-state index contributed by atoms with van der Waals surface area (Å²) in [6.45, 7) is -0.0521. The second kappa shape index (κ2) is 5.55. The largest absolute Gasteiger partial charge is 0.368 e. The zero-order valence-electron chi connectivity index (χ0n) is 9.01. The minimum absolute atomic E-state index is 0.0521. The number of hydrogen-bond acceptors (Lipinski definition) is 3. The summed E-state index contributed by atoms with van der Waals surface area (Å²) in [6.07, 6.45) is 0.262. The highest BCUT2D eigenvalue weighted by atomic mass is 32.1. The Morgan fingerprint density at radius 2 is 1.88 bits per heavy atom. The number of amides is 2. The molecule has 0 spiro atoms. The molecule has 0 fully saturated rings. The van der Waals surface area contributed by atoms with Crippen LogP contribution in [0.1, 0.15) is 5.56 Å². The van der Waals surface area contributed by atoms with E-state index in [0.29, 0.717) is 0 Å². The van der Waals surface area contributed by atoms with Crippen LogP contribution in [0.3, 0.4) is 0 Å². The highest BCUT2D eigenvalue weighted by Gasteiger charge is 2.11. The van der Waals surface area contributed by atoms with Crippen molar-refractivity contribution in [2.24, 2.45) is 5.73 Å². The third-order valence-corrected chi connectivity index (χ3v) is 2.41. The Balaban J connectivity index is 2.57. The molecule has 0 bridgehead atoms. The van der Waals surface area contributed by atoms with E-state index >= 15 is 0 Å². The van der Waals surface area contributed by atoms with Crippen molar-refractivity contribution in [3.05, 3.63) is 29.8 Å². The normalized spacial score (nSPS) is 9.88. The maximum Gasteiger partial charge on any atom is 0.237 e. The van der Waals surface area contributed by atoms with Crippen molar-refractivity contribution in [2.45, 2.75) is 11.3 Å². The highest BCUT2D eigenvalue weighted by Crippen LogP contribution is 2.08. The maximum absolute atomic E-state index is 11.6. The zero-order chi connectivity index (χ0) is 12.1. The molecular formula is C11H14N2O2S. The Hall–Kier alpha value is -1.49. The molecule has 0 unspecified atom stereocenters. The minimum atomic E-state index is -0.512. The number of nitrogens with zero attached hydrogens (tertiary/aromatic N) is 1. The number of rotatable bonds is 4. The molecule has 2 N–H and O–H groups in total. The van der Waals surface area contributed by atoms with Crippen molar-refractivity contribution in [3.8, 4) is 0 Å². The van der Waals surface area contributed by atoms with Gasteiger partial charge in [-0.25, -0.2) is 0 Å². The van der Waals surface area contributed by atoms with Gasteiger partial charge in [0, 0.05) is 11.9 Å². The molecule has 4 nitrogen and oxygen atoms in total. The third kappa shape index (κ3) is 3.94. The van der Waals surface area contributed by atoms with Gasteiger partial charge in [-0.1, -0.05) is 12.1 Å². The van der Waals surface area contributed by atoms with Crippen LogP contribution in [-0.4, -0.2) is 30.3 Å². The summed E-state index contributed by atoms with van der Waals surface area (Å²) in [5, 5.41) is 0. The van der Waals surface area contributed by atoms with Gasteiger partial charge in [0.1, 0.15) is 0 Å². The average Bonchev–Trinajstić information content (AvgIpc) is 2.20. The van der Waals surface area contributed by atoms with Gasteiger partial charge in [0.15, 0.2) is 0 Å². The van der Waals surface area contributed by atoms with E-state index in [1.165, 1.54) is 4.90 Å². The molecule has 0 heterocycles. The van der Waals surface area contributed by atoms with Crippen LogP contribution in [-0.2, 0) is 16.0 Å². The van der Waals surface area contributed by atoms with Crippen molar-refractivity contribution in [1.29, 1.82) is 0 Å². The van der Waals surface area contributed by atoms with Gasteiger partial charge >= 0.3 is 0 Å². The van der Waals surface area contributed by atoms with Crippen molar-refractivity contribution < 1.29 is 9.59 Å². The van der Waals surface area contributed by atoms with E-state index in [0.717, 1.165) is 10.5 Å². The molecule has 86 valence electrons.